The predicted molar refractivity (Wildman–Crippen MR) is 95.0 cm³/mol. The Bertz CT molecular complexity index is 729. The normalized spacial score (nSPS) is 11.6. The SMILES string of the molecule is CCNS(=O)(=O)c1ccc(C)c(C(=O)N(CCC(=O)O)CC(C)C)c1. The maximum Gasteiger partial charge on any atom is 0.305 e. The van der Waals surface area contributed by atoms with Gasteiger partial charge in [0.15, 0.2) is 0 Å². The Morgan fingerprint density at radius 2 is 1.92 bits per heavy atom. The van der Waals surface area contributed by atoms with Crippen LogP contribution in [0.25, 0.3) is 0 Å². The molecule has 0 aliphatic carbocycles. The van der Waals surface area contributed by atoms with Gasteiger partial charge in [0.25, 0.3) is 5.91 Å². The topological polar surface area (TPSA) is 104 Å². The Balaban J connectivity index is 3.21. The molecule has 0 atom stereocenters. The van der Waals surface area contributed by atoms with Crippen LogP contribution in [0.3, 0.4) is 0 Å². The van der Waals surface area contributed by atoms with Crippen molar-refractivity contribution in [3.05, 3.63) is 29.3 Å². The summed E-state index contributed by atoms with van der Waals surface area (Å²) in [5.41, 5.74) is 0.912. The van der Waals surface area contributed by atoms with Crippen LogP contribution < -0.4 is 4.72 Å². The molecule has 0 aliphatic rings. The lowest BCUT2D eigenvalue weighted by atomic mass is 10.1. The van der Waals surface area contributed by atoms with Crippen LogP contribution in [0.5, 0.6) is 0 Å². The van der Waals surface area contributed by atoms with Crippen LogP contribution in [-0.4, -0.2) is 49.9 Å². The van der Waals surface area contributed by atoms with Crippen molar-refractivity contribution in [2.24, 2.45) is 5.92 Å². The minimum Gasteiger partial charge on any atom is -0.481 e. The van der Waals surface area contributed by atoms with Gasteiger partial charge in [0, 0.05) is 25.2 Å². The monoisotopic (exact) mass is 370 g/mol. The third-order valence-corrected chi connectivity index (χ3v) is 5.10. The van der Waals surface area contributed by atoms with E-state index in [0.717, 1.165) is 0 Å². The zero-order chi connectivity index (χ0) is 19.2. The Kier molecular flexibility index (Phi) is 7.57. The second kappa shape index (κ2) is 8.96. The number of amides is 1. The van der Waals surface area contributed by atoms with Crippen LogP contribution in [-0.2, 0) is 14.8 Å². The Morgan fingerprint density at radius 3 is 2.44 bits per heavy atom. The van der Waals surface area contributed by atoms with Gasteiger partial charge in [0.05, 0.1) is 11.3 Å². The van der Waals surface area contributed by atoms with Gasteiger partial charge in [-0.1, -0.05) is 26.8 Å². The molecule has 7 nitrogen and oxygen atoms in total. The molecule has 1 aromatic carbocycles. The lowest BCUT2D eigenvalue weighted by molar-refractivity contribution is -0.137. The number of carbonyl (C=O) groups is 2. The van der Waals surface area contributed by atoms with Crippen molar-refractivity contribution in [2.75, 3.05) is 19.6 Å². The van der Waals surface area contributed by atoms with E-state index in [4.69, 9.17) is 5.11 Å². The average molecular weight is 370 g/mol. The molecule has 0 spiro atoms. The van der Waals surface area contributed by atoms with Crippen molar-refractivity contribution in [2.45, 2.75) is 39.0 Å². The molecular weight excluding hydrogens is 344 g/mol. The predicted octanol–water partition coefficient (Wildman–Crippen LogP) is 1.87. The summed E-state index contributed by atoms with van der Waals surface area (Å²) >= 11 is 0. The first-order chi connectivity index (χ1) is 11.6. The number of hydrogen-bond donors (Lipinski definition) is 2. The number of carboxylic acid groups (broad SMARTS) is 1. The number of carbonyl (C=O) groups excluding carboxylic acids is 1. The molecule has 0 unspecified atom stereocenters. The first kappa shape index (κ1) is 21.1. The minimum absolute atomic E-state index is 0.0195. The fraction of sp³-hybridized carbons (Fsp3) is 0.529. The van der Waals surface area contributed by atoms with E-state index in [1.165, 1.54) is 17.0 Å². The number of nitrogens with one attached hydrogen (secondary N) is 1. The number of hydrogen-bond acceptors (Lipinski definition) is 4. The molecule has 0 fully saturated rings. The van der Waals surface area contributed by atoms with Crippen LogP contribution in [0.2, 0.25) is 0 Å². The van der Waals surface area contributed by atoms with E-state index >= 15 is 0 Å². The van der Waals surface area contributed by atoms with E-state index in [1.807, 2.05) is 13.8 Å². The van der Waals surface area contributed by atoms with Gasteiger partial charge in [0.2, 0.25) is 10.0 Å². The minimum atomic E-state index is -3.67. The number of carboxylic acids is 1. The summed E-state index contributed by atoms with van der Waals surface area (Å²) in [6.45, 7) is 7.99. The Hall–Kier alpha value is -1.93. The van der Waals surface area contributed by atoms with E-state index < -0.39 is 16.0 Å². The van der Waals surface area contributed by atoms with Crippen LogP contribution in [0.15, 0.2) is 23.1 Å². The maximum atomic E-state index is 12.9. The van der Waals surface area contributed by atoms with E-state index in [2.05, 4.69) is 4.72 Å². The molecular formula is C17H26N2O5S. The van der Waals surface area contributed by atoms with Gasteiger partial charge in [-0.25, -0.2) is 13.1 Å². The van der Waals surface area contributed by atoms with Crippen molar-refractivity contribution in [3.8, 4) is 0 Å². The zero-order valence-corrected chi connectivity index (χ0v) is 15.9. The van der Waals surface area contributed by atoms with E-state index in [-0.39, 0.29) is 41.8 Å². The van der Waals surface area contributed by atoms with Crippen molar-refractivity contribution in [1.29, 1.82) is 0 Å². The van der Waals surface area contributed by atoms with Crippen LogP contribution in [0, 0.1) is 12.8 Å². The molecule has 1 aromatic rings. The molecule has 140 valence electrons. The highest BCUT2D eigenvalue weighted by Gasteiger charge is 2.22. The molecule has 1 amide bonds. The Labute approximate surface area is 149 Å². The van der Waals surface area contributed by atoms with Gasteiger partial charge in [0.1, 0.15) is 0 Å². The van der Waals surface area contributed by atoms with Crippen LogP contribution >= 0.6 is 0 Å². The third-order valence-electron chi connectivity index (χ3n) is 3.55. The van der Waals surface area contributed by atoms with Crippen molar-refractivity contribution < 1.29 is 23.1 Å². The number of sulfonamides is 1. The summed E-state index contributed by atoms with van der Waals surface area (Å²) in [4.78, 5) is 25.2. The van der Waals surface area contributed by atoms with Crippen molar-refractivity contribution in [1.82, 2.24) is 9.62 Å². The summed E-state index contributed by atoms with van der Waals surface area (Å²) in [7, 11) is -3.67. The Morgan fingerprint density at radius 1 is 1.28 bits per heavy atom. The molecule has 8 heteroatoms. The molecule has 0 bridgehead atoms. The number of benzene rings is 1. The molecule has 0 aliphatic heterocycles. The van der Waals surface area contributed by atoms with Crippen LogP contribution in [0.4, 0.5) is 0 Å². The molecule has 2 N–H and O–H groups in total. The summed E-state index contributed by atoms with van der Waals surface area (Å²) in [5.74, 6) is -1.19. The van der Waals surface area contributed by atoms with E-state index in [0.29, 0.717) is 12.1 Å². The quantitative estimate of drug-likeness (QED) is 0.690. The molecule has 25 heavy (non-hydrogen) atoms. The van der Waals surface area contributed by atoms with Gasteiger partial charge in [-0.3, -0.25) is 9.59 Å². The summed E-state index contributed by atoms with van der Waals surface area (Å²) in [6.07, 6.45) is -0.160. The number of rotatable bonds is 9. The molecule has 0 heterocycles. The van der Waals surface area contributed by atoms with E-state index in [9.17, 15) is 18.0 Å². The van der Waals surface area contributed by atoms with Gasteiger partial charge in [-0.05, 0) is 30.5 Å². The lowest BCUT2D eigenvalue weighted by Gasteiger charge is -2.25. The van der Waals surface area contributed by atoms with Crippen molar-refractivity contribution in [3.63, 3.8) is 0 Å². The zero-order valence-electron chi connectivity index (χ0n) is 15.1. The molecule has 0 saturated carbocycles. The molecule has 0 saturated heterocycles. The van der Waals surface area contributed by atoms with E-state index in [1.54, 1.807) is 19.9 Å². The second-order valence-electron chi connectivity index (χ2n) is 6.27. The fourth-order valence-corrected chi connectivity index (χ4v) is 3.46. The highest BCUT2D eigenvalue weighted by molar-refractivity contribution is 7.89. The smallest absolute Gasteiger partial charge is 0.305 e. The largest absolute Gasteiger partial charge is 0.481 e. The summed E-state index contributed by atoms with van der Waals surface area (Å²) < 4.78 is 26.7. The van der Waals surface area contributed by atoms with Gasteiger partial charge in [-0.15, -0.1) is 0 Å². The highest BCUT2D eigenvalue weighted by atomic mass is 32.2. The first-order valence-corrected chi connectivity index (χ1v) is 9.68. The second-order valence-corrected chi connectivity index (χ2v) is 8.03. The lowest BCUT2D eigenvalue weighted by Crippen LogP contribution is -2.36. The third kappa shape index (κ3) is 6.13. The van der Waals surface area contributed by atoms with Gasteiger partial charge < -0.3 is 10.0 Å². The number of aryl methyl sites for hydroxylation is 1. The van der Waals surface area contributed by atoms with Gasteiger partial charge in [-0.2, -0.15) is 0 Å². The molecule has 0 aromatic heterocycles. The maximum absolute atomic E-state index is 12.9. The molecule has 0 radical (unpaired) electrons. The average Bonchev–Trinajstić information content (AvgIpc) is 2.50. The first-order valence-electron chi connectivity index (χ1n) is 8.19. The molecule has 1 rings (SSSR count). The fourth-order valence-electron chi connectivity index (χ4n) is 2.39. The summed E-state index contributed by atoms with van der Waals surface area (Å²) in [5, 5.41) is 8.89. The standard InChI is InChI=1S/C17H26N2O5S/c1-5-18-25(23,24)14-7-6-13(4)15(10-14)17(22)19(11-12(2)3)9-8-16(20)21/h6-7,10,12,18H,5,8-9,11H2,1-4H3,(H,20,21). The van der Waals surface area contributed by atoms with Gasteiger partial charge >= 0.3 is 5.97 Å². The van der Waals surface area contributed by atoms with Crippen LogP contribution in [0.1, 0.15) is 43.1 Å². The highest BCUT2D eigenvalue weighted by Crippen LogP contribution is 2.18. The summed E-state index contributed by atoms with van der Waals surface area (Å²) in [6, 6.07) is 4.39. The van der Waals surface area contributed by atoms with Crippen molar-refractivity contribution >= 4 is 21.9 Å². The number of nitrogens with zero attached hydrogens (tertiary/aromatic N) is 1. The number of aliphatic carboxylic acids is 1.